The molecule has 1 saturated heterocycles. The minimum Gasteiger partial charge on any atom is -0.481 e. The molecule has 0 radical (unpaired) electrons. The number of carboxylic acid groups (broad SMARTS) is 1. The molecule has 3 rings (SSSR count). The predicted octanol–water partition coefficient (Wildman–Crippen LogP) is 1.90. The summed E-state index contributed by atoms with van der Waals surface area (Å²) >= 11 is 0. The van der Waals surface area contributed by atoms with Gasteiger partial charge in [0.1, 0.15) is 0 Å². The number of carbonyl (C=O) groups excluding carboxylic acids is 1. The zero-order chi connectivity index (χ0) is 14.3. The molecule has 0 bridgehead atoms. The first-order valence-electron chi connectivity index (χ1n) is 7.12. The fraction of sp³-hybridized carbons (Fsp3) is 0.500. The van der Waals surface area contributed by atoms with Crippen molar-refractivity contribution < 1.29 is 14.7 Å². The third kappa shape index (κ3) is 1.99. The first-order chi connectivity index (χ1) is 9.54. The van der Waals surface area contributed by atoms with Gasteiger partial charge in [-0.3, -0.25) is 9.59 Å². The van der Waals surface area contributed by atoms with Crippen LogP contribution in [0, 0.1) is 11.8 Å². The molecule has 1 heterocycles. The second-order valence-electron chi connectivity index (χ2n) is 6.08. The number of carbonyl (C=O) groups is 2. The van der Waals surface area contributed by atoms with Gasteiger partial charge in [0.05, 0.1) is 11.3 Å². The van der Waals surface area contributed by atoms with Crippen molar-refractivity contribution in [2.45, 2.75) is 25.2 Å². The van der Waals surface area contributed by atoms with E-state index >= 15 is 0 Å². The number of aliphatic carboxylic acids is 1. The molecule has 1 aliphatic carbocycles. The maximum atomic E-state index is 12.8. The Morgan fingerprint density at radius 2 is 1.85 bits per heavy atom. The van der Waals surface area contributed by atoms with Crippen LogP contribution in [0.15, 0.2) is 30.3 Å². The summed E-state index contributed by atoms with van der Waals surface area (Å²) < 4.78 is 0. The first kappa shape index (κ1) is 13.2. The summed E-state index contributed by atoms with van der Waals surface area (Å²) in [5.74, 6) is -1.08. The fourth-order valence-electron chi connectivity index (χ4n) is 3.26. The van der Waals surface area contributed by atoms with E-state index in [0.29, 0.717) is 13.1 Å². The van der Waals surface area contributed by atoms with Gasteiger partial charge in [-0.25, -0.2) is 0 Å². The van der Waals surface area contributed by atoms with E-state index in [0.717, 1.165) is 18.4 Å². The van der Waals surface area contributed by atoms with Crippen molar-refractivity contribution >= 4 is 11.9 Å². The first-order valence-corrected chi connectivity index (χ1v) is 7.12. The molecule has 1 N–H and O–H groups in total. The number of hydrogen-bond donors (Lipinski definition) is 1. The highest BCUT2D eigenvalue weighted by atomic mass is 16.4. The van der Waals surface area contributed by atoms with Crippen molar-refractivity contribution in [1.29, 1.82) is 0 Å². The van der Waals surface area contributed by atoms with E-state index in [4.69, 9.17) is 0 Å². The van der Waals surface area contributed by atoms with Crippen LogP contribution in [0.3, 0.4) is 0 Å². The molecule has 1 aliphatic heterocycles. The van der Waals surface area contributed by atoms with Gasteiger partial charge < -0.3 is 10.0 Å². The maximum absolute atomic E-state index is 12.8. The third-order valence-corrected chi connectivity index (χ3v) is 4.70. The second kappa shape index (κ2) is 4.62. The van der Waals surface area contributed by atoms with Crippen LogP contribution in [0.2, 0.25) is 0 Å². The van der Waals surface area contributed by atoms with Gasteiger partial charge in [-0.15, -0.1) is 0 Å². The van der Waals surface area contributed by atoms with E-state index < -0.39 is 11.9 Å². The third-order valence-electron chi connectivity index (χ3n) is 4.70. The van der Waals surface area contributed by atoms with Gasteiger partial charge in [0, 0.05) is 13.1 Å². The highest BCUT2D eigenvalue weighted by molar-refractivity contribution is 5.92. The Kier molecular flexibility index (Phi) is 3.04. The van der Waals surface area contributed by atoms with Gasteiger partial charge in [-0.05, 0) is 24.3 Å². The molecule has 0 spiro atoms. The smallest absolute Gasteiger partial charge is 0.308 e. The predicted molar refractivity (Wildman–Crippen MR) is 74.2 cm³/mol. The molecular formula is C16H19NO3. The van der Waals surface area contributed by atoms with Gasteiger partial charge in [0.25, 0.3) is 0 Å². The zero-order valence-electron chi connectivity index (χ0n) is 11.6. The van der Waals surface area contributed by atoms with Gasteiger partial charge in [0.15, 0.2) is 0 Å². The molecule has 4 nitrogen and oxygen atoms in total. The molecule has 0 aromatic heterocycles. The molecule has 2 fully saturated rings. The molecule has 1 amide bonds. The standard InChI is InChI=1S/C16H19NO3/c1-11-9-17(10-13(11)14(18)19)15(20)16(7-8-16)12-5-3-2-4-6-12/h2-6,11,13H,7-10H2,1H3,(H,18,19)/t11-,13-/m1/s1. The van der Waals surface area contributed by atoms with Crippen molar-refractivity contribution in [2.24, 2.45) is 11.8 Å². The number of hydrogen-bond acceptors (Lipinski definition) is 2. The van der Waals surface area contributed by atoms with Gasteiger partial charge in [0.2, 0.25) is 5.91 Å². The van der Waals surface area contributed by atoms with E-state index in [2.05, 4.69) is 0 Å². The second-order valence-corrected chi connectivity index (χ2v) is 6.08. The Morgan fingerprint density at radius 1 is 1.20 bits per heavy atom. The van der Waals surface area contributed by atoms with Crippen molar-refractivity contribution in [3.8, 4) is 0 Å². The number of rotatable bonds is 3. The monoisotopic (exact) mass is 273 g/mol. The Hall–Kier alpha value is -1.84. The lowest BCUT2D eigenvalue weighted by molar-refractivity contribution is -0.142. The normalized spacial score (nSPS) is 27.4. The van der Waals surface area contributed by atoms with E-state index in [9.17, 15) is 14.7 Å². The van der Waals surface area contributed by atoms with E-state index in [1.165, 1.54) is 0 Å². The van der Waals surface area contributed by atoms with Crippen LogP contribution >= 0.6 is 0 Å². The molecular weight excluding hydrogens is 254 g/mol. The van der Waals surface area contributed by atoms with Crippen LogP contribution in [0.1, 0.15) is 25.3 Å². The molecule has 1 aromatic rings. The molecule has 20 heavy (non-hydrogen) atoms. The Bertz CT molecular complexity index is 536. The lowest BCUT2D eigenvalue weighted by atomic mass is 9.94. The Balaban J connectivity index is 1.79. The topological polar surface area (TPSA) is 57.6 Å². The van der Waals surface area contributed by atoms with Crippen LogP contribution in [0.25, 0.3) is 0 Å². The lowest BCUT2D eigenvalue weighted by Crippen LogP contribution is -2.38. The Morgan fingerprint density at radius 3 is 2.35 bits per heavy atom. The molecule has 4 heteroatoms. The molecule has 2 atom stereocenters. The molecule has 1 saturated carbocycles. The molecule has 0 unspecified atom stereocenters. The van der Waals surface area contributed by atoms with Crippen LogP contribution in [0.5, 0.6) is 0 Å². The van der Waals surface area contributed by atoms with Gasteiger partial charge in [-0.1, -0.05) is 37.3 Å². The number of amides is 1. The quantitative estimate of drug-likeness (QED) is 0.915. The summed E-state index contributed by atoms with van der Waals surface area (Å²) in [7, 11) is 0. The van der Waals surface area contributed by atoms with Crippen LogP contribution in [-0.2, 0) is 15.0 Å². The molecule has 106 valence electrons. The molecule has 1 aromatic carbocycles. The van der Waals surface area contributed by atoms with Crippen molar-refractivity contribution in [3.05, 3.63) is 35.9 Å². The highest BCUT2D eigenvalue weighted by Gasteiger charge is 2.54. The van der Waals surface area contributed by atoms with Crippen LogP contribution in [0.4, 0.5) is 0 Å². The zero-order valence-corrected chi connectivity index (χ0v) is 11.6. The summed E-state index contributed by atoms with van der Waals surface area (Å²) in [6, 6.07) is 9.85. The summed E-state index contributed by atoms with van der Waals surface area (Å²) in [6.07, 6.45) is 1.75. The summed E-state index contributed by atoms with van der Waals surface area (Å²) in [5.41, 5.74) is 0.686. The minimum atomic E-state index is -0.794. The summed E-state index contributed by atoms with van der Waals surface area (Å²) in [5, 5.41) is 9.18. The maximum Gasteiger partial charge on any atom is 0.308 e. The fourth-order valence-corrected chi connectivity index (χ4v) is 3.26. The number of likely N-dealkylation sites (tertiary alicyclic amines) is 1. The average molecular weight is 273 g/mol. The summed E-state index contributed by atoms with van der Waals surface area (Å²) in [4.78, 5) is 25.7. The van der Waals surface area contributed by atoms with E-state index in [-0.39, 0.29) is 17.2 Å². The van der Waals surface area contributed by atoms with E-state index in [1.54, 1.807) is 4.90 Å². The van der Waals surface area contributed by atoms with Gasteiger partial charge >= 0.3 is 5.97 Å². The van der Waals surface area contributed by atoms with Crippen LogP contribution in [-0.4, -0.2) is 35.0 Å². The van der Waals surface area contributed by atoms with Crippen LogP contribution < -0.4 is 0 Å². The number of nitrogens with zero attached hydrogens (tertiary/aromatic N) is 1. The number of benzene rings is 1. The summed E-state index contributed by atoms with van der Waals surface area (Å²) in [6.45, 7) is 2.82. The lowest BCUT2D eigenvalue weighted by Gasteiger charge is -2.23. The minimum absolute atomic E-state index is 0.0306. The highest BCUT2D eigenvalue weighted by Crippen LogP contribution is 2.50. The largest absolute Gasteiger partial charge is 0.481 e. The van der Waals surface area contributed by atoms with Crippen molar-refractivity contribution in [2.75, 3.05) is 13.1 Å². The Labute approximate surface area is 118 Å². The van der Waals surface area contributed by atoms with Crippen molar-refractivity contribution in [1.82, 2.24) is 4.90 Å². The average Bonchev–Trinajstić information content (AvgIpc) is 3.16. The van der Waals surface area contributed by atoms with Gasteiger partial charge in [-0.2, -0.15) is 0 Å². The SMILES string of the molecule is C[C@@H]1CN(C(=O)C2(c3ccccc3)CC2)C[C@H]1C(=O)O. The molecule has 2 aliphatic rings. The van der Waals surface area contributed by atoms with E-state index in [1.807, 2.05) is 37.3 Å². The number of carboxylic acids is 1. The van der Waals surface area contributed by atoms with Crippen molar-refractivity contribution in [3.63, 3.8) is 0 Å².